The van der Waals surface area contributed by atoms with E-state index >= 15 is 0 Å². The molecule has 1 aromatic rings. The minimum atomic E-state index is 0.625. The van der Waals surface area contributed by atoms with Crippen LogP contribution in [0.2, 0.25) is 0 Å². The molecular formula is C10H14N2O. The van der Waals surface area contributed by atoms with Crippen LogP contribution in [0.1, 0.15) is 5.56 Å². The topological polar surface area (TPSA) is 41.1 Å². The second kappa shape index (κ2) is 5.19. The van der Waals surface area contributed by atoms with Crippen LogP contribution < -0.4 is 10.6 Å². The van der Waals surface area contributed by atoms with Crippen LogP contribution in [0.5, 0.6) is 0 Å². The fourth-order valence-electron chi connectivity index (χ4n) is 1.24. The molecule has 2 N–H and O–H groups in total. The smallest absolute Gasteiger partial charge is 0.206 e. The maximum Gasteiger partial charge on any atom is 0.206 e. The van der Waals surface area contributed by atoms with Crippen molar-refractivity contribution in [1.82, 2.24) is 5.32 Å². The Morgan fingerprint density at radius 2 is 2.15 bits per heavy atom. The van der Waals surface area contributed by atoms with Crippen LogP contribution in [0, 0.1) is 0 Å². The zero-order valence-electron chi connectivity index (χ0n) is 7.71. The molecule has 13 heavy (non-hydrogen) atoms. The molecule has 1 amide bonds. The molecule has 0 saturated carbocycles. The molecule has 0 unspecified atom stereocenters. The van der Waals surface area contributed by atoms with Crippen molar-refractivity contribution in [3.05, 3.63) is 29.8 Å². The zero-order chi connectivity index (χ0) is 9.52. The Hall–Kier alpha value is -1.51. The molecule has 2 rings (SSSR count). The first kappa shape index (κ1) is 9.58. The Balaban J connectivity index is 0.000000184. The largest absolute Gasteiger partial charge is 0.384 e. The van der Waals surface area contributed by atoms with E-state index in [-0.39, 0.29) is 0 Å². The Kier molecular flexibility index (Phi) is 3.82. The van der Waals surface area contributed by atoms with Crippen LogP contribution >= 0.6 is 0 Å². The maximum atomic E-state index is 9.06. The van der Waals surface area contributed by atoms with Gasteiger partial charge in [0.2, 0.25) is 6.41 Å². The first-order valence-electron chi connectivity index (χ1n) is 4.31. The van der Waals surface area contributed by atoms with Gasteiger partial charge < -0.3 is 10.6 Å². The second-order valence-electron chi connectivity index (χ2n) is 2.74. The van der Waals surface area contributed by atoms with Gasteiger partial charge in [-0.25, -0.2) is 0 Å². The highest BCUT2D eigenvalue weighted by molar-refractivity contribution is 5.54. The molecule has 70 valence electrons. The lowest BCUT2D eigenvalue weighted by atomic mass is 10.2. The third-order valence-corrected chi connectivity index (χ3v) is 1.85. The van der Waals surface area contributed by atoms with E-state index in [4.69, 9.17) is 4.79 Å². The van der Waals surface area contributed by atoms with E-state index in [0.717, 1.165) is 6.54 Å². The summed E-state index contributed by atoms with van der Waals surface area (Å²) < 4.78 is 0. The second-order valence-corrected chi connectivity index (χ2v) is 2.74. The molecule has 1 aliphatic heterocycles. The minimum Gasteiger partial charge on any atom is -0.384 e. The number of hydrogen-bond acceptors (Lipinski definition) is 2. The minimum absolute atomic E-state index is 0.625. The van der Waals surface area contributed by atoms with E-state index in [1.165, 1.54) is 17.7 Å². The Bertz CT molecular complexity index is 250. The molecule has 0 atom stereocenters. The summed E-state index contributed by atoms with van der Waals surface area (Å²) >= 11 is 0. The van der Waals surface area contributed by atoms with Gasteiger partial charge in [-0.15, -0.1) is 0 Å². The van der Waals surface area contributed by atoms with Crippen molar-refractivity contribution in [2.24, 2.45) is 0 Å². The van der Waals surface area contributed by atoms with Gasteiger partial charge in [0.1, 0.15) is 0 Å². The SMILES string of the molecule is CNC=O.c1ccc2c(c1)CCN2. The standard InChI is InChI=1S/C8H9N.C2H5NO/c1-2-4-8-7(3-1)5-6-9-8;1-3-2-4/h1-4,9H,5-6H2;2H,1H3,(H,3,4). The van der Waals surface area contributed by atoms with Crippen LogP contribution in [0.4, 0.5) is 5.69 Å². The van der Waals surface area contributed by atoms with Crippen molar-refractivity contribution in [2.45, 2.75) is 6.42 Å². The predicted octanol–water partition coefficient (Wildman–Crippen LogP) is 1.02. The Morgan fingerprint density at radius 3 is 2.77 bits per heavy atom. The number of anilines is 1. The number of carbonyl (C=O) groups excluding carboxylic acids is 1. The molecule has 0 radical (unpaired) electrons. The average molecular weight is 178 g/mol. The first-order valence-corrected chi connectivity index (χ1v) is 4.31. The van der Waals surface area contributed by atoms with E-state index in [9.17, 15) is 0 Å². The Morgan fingerprint density at radius 1 is 1.46 bits per heavy atom. The number of nitrogens with one attached hydrogen (secondary N) is 2. The van der Waals surface area contributed by atoms with Gasteiger partial charge in [-0.1, -0.05) is 18.2 Å². The van der Waals surface area contributed by atoms with Gasteiger partial charge in [0, 0.05) is 19.3 Å². The predicted molar refractivity (Wildman–Crippen MR) is 53.8 cm³/mol. The lowest BCUT2D eigenvalue weighted by Crippen LogP contribution is -1.98. The normalized spacial score (nSPS) is 11.8. The number of fused-ring (bicyclic) bond motifs is 1. The molecule has 0 saturated heterocycles. The summed E-state index contributed by atoms with van der Waals surface area (Å²) in [7, 11) is 1.56. The van der Waals surface area contributed by atoms with Crippen molar-refractivity contribution in [3.8, 4) is 0 Å². The van der Waals surface area contributed by atoms with Crippen LogP contribution in [-0.4, -0.2) is 20.0 Å². The van der Waals surface area contributed by atoms with E-state index in [0.29, 0.717) is 6.41 Å². The Labute approximate surface area is 78.2 Å². The van der Waals surface area contributed by atoms with E-state index in [2.05, 4.69) is 34.9 Å². The number of carbonyl (C=O) groups is 1. The van der Waals surface area contributed by atoms with Gasteiger partial charge in [-0.2, -0.15) is 0 Å². The number of rotatable bonds is 1. The molecule has 1 aromatic carbocycles. The summed E-state index contributed by atoms with van der Waals surface area (Å²) in [5.41, 5.74) is 2.77. The van der Waals surface area contributed by atoms with E-state index in [1.54, 1.807) is 7.05 Å². The summed E-state index contributed by atoms with van der Waals surface area (Å²) in [6.45, 7) is 1.11. The van der Waals surface area contributed by atoms with Crippen LogP contribution in [0.25, 0.3) is 0 Å². The summed E-state index contributed by atoms with van der Waals surface area (Å²) in [6.07, 6.45) is 1.82. The molecule has 3 heteroatoms. The molecule has 1 heterocycles. The monoisotopic (exact) mass is 178 g/mol. The number of hydrogen-bond donors (Lipinski definition) is 2. The molecule has 0 aliphatic carbocycles. The van der Waals surface area contributed by atoms with E-state index in [1.807, 2.05) is 0 Å². The van der Waals surface area contributed by atoms with Crippen LogP contribution in [0.3, 0.4) is 0 Å². The molecule has 0 spiro atoms. The summed E-state index contributed by atoms with van der Waals surface area (Å²) in [5, 5.41) is 5.55. The van der Waals surface area contributed by atoms with E-state index < -0.39 is 0 Å². The summed E-state index contributed by atoms with van der Waals surface area (Å²) in [6, 6.07) is 8.46. The summed E-state index contributed by atoms with van der Waals surface area (Å²) in [4.78, 5) is 9.06. The molecule has 0 fully saturated rings. The highest BCUT2D eigenvalue weighted by Crippen LogP contribution is 2.19. The van der Waals surface area contributed by atoms with Crippen molar-refractivity contribution in [1.29, 1.82) is 0 Å². The van der Waals surface area contributed by atoms with Crippen LogP contribution in [-0.2, 0) is 11.2 Å². The van der Waals surface area contributed by atoms with Gasteiger partial charge in [0.05, 0.1) is 0 Å². The number of benzene rings is 1. The fraction of sp³-hybridized carbons (Fsp3) is 0.300. The molecular weight excluding hydrogens is 164 g/mol. The molecule has 0 aromatic heterocycles. The fourth-order valence-corrected chi connectivity index (χ4v) is 1.24. The van der Waals surface area contributed by atoms with Gasteiger partial charge in [-0.05, 0) is 18.1 Å². The maximum absolute atomic E-state index is 9.06. The third kappa shape index (κ3) is 2.78. The van der Waals surface area contributed by atoms with Crippen molar-refractivity contribution in [2.75, 3.05) is 18.9 Å². The van der Waals surface area contributed by atoms with Gasteiger partial charge in [0.25, 0.3) is 0 Å². The highest BCUT2D eigenvalue weighted by atomic mass is 16.1. The average Bonchev–Trinajstić information content (AvgIpc) is 2.66. The van der Waals surface area contributed by atoms with Crippen molar-refractivity contribution >= 4 is 12.1 Å². The lowest BCUT2D eigenvalue weighted by molar-refractivity contribution is -0.109. The third-order valence-electron chi connectivity index (χ3n) is 1.85. The quantitative estimate of drug-likeness (QED) is 0.630. The van der Waals surface area contributed by atoms with Gasteiger partial charge in [0.15, 0.2) is 0 Å². The molecule has 0 bridgehead atoms. The number of para-hydroxylation sites is 1. The summed E-state index contributed by atoms with van der Waals surface area (Å²) in [5.74, 6) is 0. The number of amides is 1. The lowest BCUT2D eigenvalue weighted by Gasteiger charge is -1.94. The molecule has 1 aliphatic rings. The van der Waals surface area contributed by atoms with Crippen LogP contribution in [0.15, 0.2) is 24.3 Å². The van der Waals surface area contributed by atoms with Crippen molar-refractivity contribution in [3.63, 3.8) is 0 Å². The molecule has 3 nitrogen and oxygen atoms in total. The van der Waals surface area contributed by atoms with Crippen molar-refractivity contribution < 1.29 is 4.79 Å². The highest BCUT2D eigenvalue weighted by Gasteiger charge is 2.05. The first-order chi connectivity index (χ1) is 6.38. The van der Waals surface area contributed by atoms with Gasteiger partial charge in [-0.3, -0.25) is 4.79 Å². The zero-order valence-corrected chi connectivity index (χ0v) is 7.71. The van der Waals surface area contributed by atoms with Gasteiger partial charge >= 0.3 is 0 Å².